The van der Waals surface area contributed by atoms with Gasteiger partial charge < -0.3 is 10.1 Å². The molecule has 0 aromatic carbocycles. The molecule has 5 nitrogen and oxygen atoms in total. The van der Waals surface area contributed by atoms with E-state index in [1.807, 2.05) is 24.4 Å². The molecule has 0 radical (unpaired) electrons. The van der Waals surface area contributed by atoms with Gasteiger partial charge in [0.05, 0.1) is 12.1 Å². The van der Waals surface area contributed by atoms with E-state index in [1.54, 1.807) is 11.6 Å². The molecule has 1 N–H and O–H groups in total. The Hall–Kier alpha value is -1.62. The van der Waals surface area contributed by atoms with Crippen molar-refractivity contribution in [3.8, 4) is 0 Å². The number of pyridine rings is 1. The van der Waals surface area contributed by atoms with Crippen molar-refractivity contribution in [1.82, 2.24) is 14.6 Å². The molecule has 17 heavy (non-hydrogen) atoms. The molecule has 2 atom stereocenters. The standard InChI is InChI=1S/C12H16N4O/c1-17-10-6-4-5-9(10)13-12-14-11-7-2-3-8-16(11)15-12/h2-3,7-10H,4-6H2,1H3,(H,13,15). The Morgan fingerprint density at radius 2 is 2.35 bits per heavy atom. The lowest BCUT2D eigenvalue weighted by molar-refractivity contribution is 0.101. The molecule has 0 bridgehead atoms. The predicted molar refractivity (Wildman–Crippen MR) is 65.0 cm³/mol. The molecule has 2 aromatic heterocycles. The summed E-state index contributed by atoms with van der Waals surface area (Å²) >= 11 is 0. The fourth-order valence-electron chi connectivity index (χ4n) is 2.43. The second-order valence-electron chi connectivity index (χ2n) is 4.39. The topological polar surface area (TPSA) is 51.5 Å². The van der Waals surface area contributed by atoms with E-state index >= 15 is 0 Å². The van der Waals surface area contributed by atoms with E-state index in [1.165, 1.54) is 6.42 Å². The van der Waals surface area contributed by atoms with Crippen molar-refractivity contribution in [2.75, 3.05) is 12.4 Å². The van der Waals surface area contributed by atoms with E-state index in [-0.39, 0.29) is 6.10 Å². The molecule has 5 heteroatoms. The van der Waals surface area contributed by atoms with Crippen LogP contribution in [0.4, 0.5) is 5.95 Å². The second kappa shape index (κ2) is 4.33. The first-order chi connectivity index (χ1) is 8.36. The highest BCUT2D eigenvalue weighted by atomic mass is 16.5. The van der Waals surface area contributed by atoms with Crippen LogP contribution in [0.2, 0.25) is 0 Å². The first kappa shape index (κ1) is 10.5. The van der Waals surface area contributed by atoms with E-state index in [9.17, 15) is 0 Å². The fourth-order valence-corrected chi connectivity index (χ4v) is 2.43. The van der Waals surface area contributed by atoms with Crippen molar-refractivity contribution >= 4 is 11.6 Å². The zero-order valence-corrected chi connectivity index (χ0v) is 9.84. The minimum atomic E-state index is 0.279. The minimum absolute atomic E-state index is 0.279. The summed E-state index contributed by atoms with van der Waals surface area (Å²) in [7, 11) is 1.77. The molecule has 0 amide bonds. The zero-order valence-electron chi connectivity index (χ0n) is 9.84. The van der Waals surface area contributed by atoms with Gasteiger partial charge in [-0.15, -0.1) is 5.10 Å². The molecule has 0 saturated heterocycles. The summed E-state index contributed by atoms with van der Waals surface area (Å²) in [4.78, 5) is 4.43. The van der Waals surface area contributed by atoms with Gasteiger partial charge in [-0.1, -0.05) is 6.07 Å². The molecule has 2 aromatic rings. The van der Waals surface area contributed by atoms with Crippen LogP contribution in [0.15, 0.2) is 24.4 Å². The van der Waals surface area contributed by atoms with Crippen LogP contribution in [0.3, 0.4) is 0 Å². The average molecular weight is 232 g/mol. The van der Waals surface area contributed by atoms with Crippen molar-refractivity contribution in [1.29, 1.82) is 0 Å². The van der Waals surface area contributed by atoms with Crippen LogP contribution in [-0.2, 0) is 4.74 Å². The minimum Gasteiger partial charge on any atom is -0.379 e. The number of ether oxygens (including phenoxy) is 1. The van der Waals surface area contributed by atoms with Crippen LogP contribution in [-0.4, -0.2) is 33.9 Å². The number of nitrogens with one attached hydrogen (secondary N) is 1. The Labute approximate surface area is 99.8 Å². The number of hydrogen-bond donors (Lipinski definition) is 1. The third-order valence-electron chi connectivity index (χ3n) is 3.31. The van der Waals surface area contributed by atoms with Crippen molar-refractivity contribution in [3.63, 3.8) is 0 Å². The lowest BCUT2D eigenvalue weighted by Gasteiger charge is -2.18. The molecule has 0 spiro atoms. The van der Waals surface area contributed by atoms with E-state index in [0.29, 0.717) is 12.0 Å². The van der Waals surface area contributed by atoms with Gasteiger partial charge in [-0.2, -0.15) is 4.98 Å². The number of rotatable bonds is 3. The van der Waals surface area contributed by atoms with Gasteiger partial charge in [-0.3, -0.25) is 0 Å². The van der Waals surface area contributed by atoms with Crippen LogP contribution in [0.1, 0.15) is 19.3 Å². The molecular weight excluding hydrogens is 216 g/mol. The Bertz CT molecular complexity index is 477. The molecule has 1 aliphatic rings. The van der Waals surface area contributed by atoms with Crippen molar-refractivity contribution in [3.05, 3.63) is 24.4 Å². The van der Waals surface area contributed by atoms with Gasteiger partial charge in [0.1, 0.15) is 0 Å². The van der Waals surface area contributed by atoms with Crippen LogP contribution < -0.4 is 5.32 Å². The first-order valence-corrected chi connectivity index (χ1v) is 5.97. The molecule has 1 fully saturated rings. The van der Waals surface area contributed by atoms with Gasteiger partial charge in [-0.25, -0.2) is 4.52 Å². The summed E-state index contributed by atoms with van der Waals surface area (Å²) in [6.45, 7) is 0. The summed E-state index contributed by atoms with van der Waals surface area (Å²) in [6, 6.07) is 6.18. The van der Waals surface area contributed by atoms with Gasteiger partial charge in [0.15, 0.2) is 5.65 Å². The smallest absolute Gasteiger partial charge is 0.243 e. The third-order valence-corrected chi connectivity index (χ3v) is 3.31. The Kier molecular flexibility index (Phi) is 2.68. The second-order valence-corrected chi connectivity index (χ2v) is 4.39. The van der Waals surface area contributed by atoms with Crippen LogP contribution in [0.5, 0.6) is 0 Å². The lowest BCUT2D eigenvalue weighted by atomic mass is 10.2. The summed E-state index contributed by atoms with van der Waals surface area (Å²) in [5.74, 6) is 0.685. The lowest BCUT2D eigenvalue weighted by Crippen LogP contribution is -2.30. The summed E-state index contributed by atoms with van der Waals surface area (Å²) in [5.41, 5.74) is 0.863. The monoisotopic (exact) mass is 232 g/mol. The molecular formula is C12H16N4O. The van der Waals surface area contributed by atoms with Crippen LogP contribution >= 0.6 is 0 Å². The predicted octanol–water partition coefficient (Wildman–Crippen LogP) is 1.71. The number of hydrogen-bond acceptors (Lipinski definition) is 4. The maximum absolute atomic E-state index is 5.45. The van der Waals surface area contributed by atoms with Crippen molar-refractivity contribution in [2.24, 2.45) is 0 Å². The van der Waals surface area contributed by atoms with Gasteiger partial charge in [0.2, 0.25) is 5.95 Å². The van der Waals surface area contributed by atoms with Crippen LogP contribution in [0.25, 0.3) is 5.65 Å². The molecule has 90 valence electrons. The fraction of sp³-hybridized carbons (Fsp3) is 0.500. The van der Waals surface area contributed by atoms with Crippen molar-refractivity contribution < 1.29 is 4.74 Å². The highest BCUT2D eigenvalue weighted by Gasteiger charge is 2.27. The van der Waals surface area contributed by atoms with Gasteiger partial charge in [0.25, 0.3) is 0 Å². The van der Waals surface area contributed by atoms with Gasteiger partial charge in [-0.05, 0) is 31.4 Å². The van der Waals surface area contributed by atoms with E-state index in [2.05, 4.69) is 15.4 Å². The molecule has 2 unspecified atom stereocenters. The number of methoxy groups -OCH3 is 1. The first-order valence-electron chi connectivity index (χ1n) is 5.97. The van der Waals surface area contributed by atoms with Crippen LogP contribution in [0, 0.1) is 0 Å². The maximum Gasteiger partial charge on any atom is 0.243 e. The zero-order chi connectivity index (χ0) is 11.7. The number of aromatic nitrogens is 3. The Morgan fingerprint density at radius 3 is 3.18 bits per heavy atom. The summed E-state index contributed by atoms with van der Waals surface area (Å²) in [6.07, 6.45) is 5.61. The quantitative estimate of drug-likeness (QED) is 0.875. The molecule has 1 saturated carbocycles. The highest BCUT2D eigenvalue weighted by Crippen LogP contribution is 2.24. The summed E-state index contributed by atoms with van der Waals surface area (Å²) < 4.78 is 7.22. The molecule has 2 heterocycles. The number of fused-ring (bicyclic) bond motifs is 1. The SMILES string of the molecule is COC1CCCC1Nc1nc2ccccn2n1. The van der Waals surface area contributed by atoms with E-state index in [4.69, 9.17) is 4.74 Å². The average Bonchev–Trinajstić information content (AvgIpc) is 2.94. The number of anilines is 1. The normalized spacial score (nSPS) is 24.3. The van der Waals surface area contributed by atoms with Gasteiger partial charge in [0, 0.05) is 13.3 Å². The molecule has 0 aliphatic heterocycles. The summed E-state index contributed by atoms with van der Waals surface area (Å²) in [5, 5.41) is 7.75. The largest absolute Gasteiger partial charge is 0.379 e. The van der Waals surface area contributed by atoms with E-state index < -0.39 is 0 Å². The van der Waals surface area contributed by atoms with Crippen molar-refractivity contribution in [2.45, 2.75) is 31.4 Å². The van der Waals surface area contributed by atoms with E-state index in [0.717, 1.165) is 18.5 Å². The Balaban J connectivity index is 1.80. The maximum atomic E-state index is 5.45. The third kappa shape index (κ3) is 1.98. The highest BCUT2D eigenvalue weighted by molar-refractivity contribution is 5.43. The molecule has 1 aliphatic carbocycles. The number of nitrogens with zero attached hydrogens (tertiary/aromatic N) is 3. The van der Waals surface area contributed by atoms with Gasteiger partial charge >= 0.3 is 0 Å². The Morgan fingerprint density at radius 1 is 1.41 bits per heavy atom. The molecule has 3 rings (SSSR count).